The van der Waals surface area contributed by atoms with Crippen LogP contribution in [0.4, 0.5) is 0 Å². The molecule has 20 heavy (non-hydrogen) atoms. The van der Waals surface area contributed by atoms with Gasteiger partial charge in [-0.25, -0.2) is 0 Å². The average Bonchev–Trinajstić information content (AvgIpc) is 3.08. The van der Waals surface area contributed by atoms with Gasteiger partial charge in [0.05, 0.1) is 6.04 Å². The first kappa shape index (κ1) is 14.2. The fourth-order valence-electron chi connectivity index (χ4n) is 3.47. The van der Waals surface area contributed by atoms with Gasteiger partial charge in [0.15, 0.2) is 0 Å². The smallest absolute Gasteiger partial charge is 0.122 e. The van der Waals surface area contributed by atoms with Gasteiger partial charge in [-0.2, -0.15) is 0 Å². The van der Waals surface area contributed by atoms with Crippen molar-refractivity contribution in [2.24, 2.45) is 11.7 Å². The minimum atomic E-state index is 0.181. The van der Waals surface area contributed by atoms with Crippen molar-refractivity contribution in [2.45, 2.75) is 69.9 Å². The van der Waals surface area contributed by atoms with Crippen LogP contribution in [0, 0.1) is 5.92 Å². The fraction of sp³-hybridized carbons (Fsp3) is 0.765. The van der Waals surface area contributed by atoms with E-state index in [-0.39, 0.29) is 6.04 Å². The van der Waals surface area contributed by atoms with Gasteiger partial charge in [0, 0.05) is 18.5 Å². The van der Waals surface area contributed by atoms with Crippen LogP contribution in [0.15, 0.2) is 16.5 Å². The number of hydrogen-bond donors (Lipinski definition) is 2. The zero-order chi connectivity index (χ0) is 13.9. The van der Waals surface area contributed by atoms with Crippen molar-refractivity contribution >= 4 is 0 Å². The number of furan rings is 1. The minimum Gasteiger partial charge on any atom is -0.464 e. The Bertz CT molecular complexity index is 420. The number of rotatable bonds is 5. The van der Waals surface area contributed by atoms with E-state index >= 15 is 0 Å². The standard InChI is InChI=1S/C17H28N2O/c1-12-10-14(12)16-8-9-17(20-16)15(11-18)19-13-6-4-2-3-5-7-13/h8-9,12-15,19H,2-7,10-11,18H2,1H3. The molecule has 2 saturated carbocycles. The molecule has 0 saturated heterocycles. The van der Waals surface area contributed by atoms with E-state index in [0.717, 1.165) is 17.4 Å². The predicted octanol–water partition coefficient (Wildman–Crippen LogP) is 3.72. The van der Waals surface area contributed by atoms with Crippen LogP contribution in [0.25, 0.3) is 0 Å². The summed E-state index contributed by atoms with van der Waals surface area (Å²) in [5, 5.41) is 3.73. The van der Waals surface area contributed by atoms with E-state index in [1.54, 1.807) is 0 Å². The molecule has 3 heteroatoms. The molecule has 0 bridgehead atoms. The maximum absolute atomic E-state index is 6.06. The third-order valence-corrected chi connectivity index (χ3v) is 4.99. The normalized spacial score (nSPS) is 29.1. The van der Waals surface area contributed by atoms with Crippen LogP contribution in [0.1, 0.15) is 75.3 Å². The zero-order valence-electron chi connectivity index (χ0n) is 12.6. The lowest BCUT2D eigenvalue weighted by atomic mass is 10.1. The lowest BCUT2D eigenvalue weighted by Gasteiger charge is -2.22. The van der Waals surface area contributed by atoms with Gasteiger partial charge in [0.25, 0.3) is 0 Å². The Kier molecular flexibility index (Phi) is 4.47. The molecule has 112 valence electrons. The second-order valence-corrected chi connectivity index (χ2v) is 6.70. The molecule has 0 aromatic carbocycles. The summed E-state index contributed by atoms with van der Waals surface area (Å²) in [6, 6.07) is 5.07. The van der Waals surface area contributed by atoms with Gasteiger partial charge in [0.2, 0.25) is 0 Å². The molecule has 3 unspecified atom stereocenters. The van der Waals surface area contributed by atoms with Crippen molar-refractivity contribution in [3.05, 3.63) is 23.7 Å². The van der Waals surface area contributed by atoms with Crippen molar-refractivity contribution in [3.8, 4) is 0 Å². The largest absolute Gasteiger partial charge is 0.464 e. The number of nitrogens with one attached hydrogen (secondary N) is 1. The Balaban J connectivity index is 1.61. The van der Waals surface area contributed by atoms with Crippen LogP contribution in [-0.2, 0) is 0 Å². The summed E-state index contributed by atoms with van der Waals surface area (Å²) in [6.45, 7) is 2.90. The first-order valence-electron chi connectivity index (χ1n) is 8.33. The van der Waals surface area contributed by atoms with Gasteiger partial charge in [-0.1, -0.05) is 32.6 Å². The van der Waals surface area contributed by atoms with Crippen LogP contribution in [0.2, 0.25) is 0 Å². The van der Waals surface area contributed by atoms with Crippen molar-refractivity contribution in [3.63, 3.8) is 0 Å². The van der Waals surface area contributed by atoms with Crippen LogP contribution < -0.4 is 11.1 Å². The summed E-state index contributed by atoms with van der Waals surface area (Å²) < 4.78 is 6.06. The molecular formula is C17H28N2O. The second kappa shape index (κ2) is 6.31. The molecule has 0 spiro atoms. The molecule has 1 heterocycles. The van der Waals surface area contributed by atoms with Crippen molar-refractivity contribution in [1.29, 1.82) is 0 Å². The van der Waals surface area contributed by atoms with E-state index < -0.39 is 0 Å². The highest BCUT2D eigenvalue weighted by molar-refractivity contribution is 5.19. The lowest BCUT2D eigenvalue weighted by molar-refractivity contribution is 0.345. The molecule has 3 atom stereocenters. The predicted molar refractivity (Wildman–Crippen MR) is 81.7 cm³/mol. The average molecular weight is 276 g/mol. The summed E-state index contributed by atoms with van der Waals surface area (Å²) >= 11 is 0. The van der Waals surface area contributed by atoms with Gasteiger partial charge in [-0.3, -0.25) is 0 Å². The summed E-state index contributed by atoms with van der Waals surface area (Å²) in [6.07, 6.45) is 9.30. The van der Waals surface area contributed by atoms with Gasteiger partial charge >= 0.3 is 0 Å². The molecule has 3 N–H and O–H groups in total. The molecule has 2 aliphatic carbocycles. The van der Waals surface area contributed by atoms with E-state index in [1.807, 2.05) is 0 Å². The molecule has 0 radical (unpaired) electrons. The van der Waals surface area contributed by atoms with Crippen LogP contribution in [-0.4, -0.2) is 12.6 Å². The maximum atomic E-state index is 6.06. The number of hydrogen-bond acceptors (Lipinski definition) is 3. The molecule has 0 aliphatic heterocycles. The Labute approximate surface area is 122 Å². The molecule has 1 aromatic heterocycles. The topological polar surface area (TPSA) is 51.2 Å². The molecule has 2 aliphatic rings. The minimum absolute atomic E-state index is 0.181. The zero-order valence-corrected chi connectivity index (χ0v) is 12.6. The molecular weight excluding hydrogens is 248 g/mol. The van der Waals surface area contributed by atoms with Gasteiger partial charge in [0.1, 0.15) is 11.5 Å². The molecule has 0 amide bonds. The Morgan fingerprint density at radius 3 is 2.55 bits per heavy atom. The van der Waals surface area contributed by atoms with E-state index in [9.17, 15) is 0 Å². The summed E-state index contributed by atoms with van der Waals surface area (Å²) in [5.74, 6) is 3.64. The second-order valence-electron chi connectivity index (χ2n) is 6.70. The van der Waals surface area contributed by atoms with Crippen LogP contribution in [0.5, 0.6) is 0 Å². The molecule has 2 fully saturated rings. The quantitative estimate of drug-likeness (QED) is 0.806. The summed E-state index contributed by atoms with van der Waals surface area (Å²) in [7, 11) is 0. The highest BCUT2D eigenvalue weighted by Crippen LogP contribution is 2.47. The van der Waals surface area contributed by atoms with Gasteiger partial charge in [-0.05, 0) is 37.3 Å². The van der Waals surface area contributed by atoms with Crippen LogP contribution in [0.3, 0.4) is 0 Å². The molecule has 3 nitrogen and oxygen atoms in total. The first-order chi connectivity index (χ1) is 9.78. The highest BCUT2D eigenvalue weighted by Gasteiger charge is 2.37. The first-order valence-corrected chi connectivity index (χ1v) is 8.33. The summed E-state index contributed by atoms with van der Waals surface area (Å²) in [4.78, 5) is 0. The monoisotopic (exact) mass is 276 g/mol. The van der Waals surface area contributed by atoms with E-state index in [4.69, 9.17) is 10.2 Å². The Morgan fingerprint density at radius 2 is 1.95 bits per heavy atom. The van der Waals surface area contributed by atoms with Crippen molar-refractivity contribution < 1.29 is 4.42 Å². The number of nitrogens with two attached hydrogens (primary N) is 1. The third-order valence-electron chi connectivity index (χ3n) is 4.99. The fourth-order valence-corrected chi connectivity index (χ4v) is 3.47. The lowest BCUT2D eigenvalue weighted by Crippen LogP contribution is -2.36. The SMILES string of the molecule is CC1CC1c1ccc(C(CN)NC2CCCCCC2)o1. The van der Waals surface area contributed by atoms with Crippen molar-refractivity contribution in [1.82, 2.24) is 5.32 Å². The molecule has 1 aromatic rings. The van der Waals surface area contributed by atoms with Crippen molar-refractivity contribution in [2.75, 3.05) is 6.54 Å². The van der Waals surface area contributed by atoms with Gasteiger partial charge in [-0.15, -0.1) is 0 Å². The summed E-state index contributed by atoms with van der Waals surface area (Å²) in [5.41, 5.74) is 5.97. The van der Waals surface area contributed by atoms with E-state index in [0.29, 0.717) is 18.5 Å². The van der Waals surface area contributed by atoms with Crippen LogP contribution >= 0.6 is 0 Å². The van der Waals surface area contributed by atoms with E-state index in [1.165, 1.54) is 44.9 Å². The maximum Gasteiger partial charge on any atom is 0.122 e. The Morgan fingerprint density at radius 1 is 1.25 bits per heavy atom. The Hall–Kier alpha value is -0.800. The highest BCUT2D eigenvalue weighted by atomic mass is 16.3. The van der Waals surface area contributed by atoms with Gasteiger partial charge < -0.3 is 15.5 Å². The molecule has 3 rings (SSSR count). The van der Waals surface area contributed by atoms with E-state index in [2.05, 4.69) is 24.4 Å². The third kappa shape index (κ3) is 3.26.